The highest BCUT2D eigenvalue weighted by atomic mass is 35.5. The van der Waals surface area contributed by atoms with Gasteiger partial charge in [0.1, 0.15) is 6.04 Å². The number of halogens is 1. The van der Waals surface area contributed by atoms with Crippen molar-refractivity contribution in [1.29, 1.82) is 0 Å². The molecule has 2 rings (SSSR count). The van der Waals surface area contributed by atoms with Crippen molar-refractivity contribution in [3.63, 3.8) is 0 Å². The van der Waals surface area contributed by atoms with E-state index in [2.05, 4.69) is 5.32 Å². The number of likely N-dealkylation sites (N-methyl/N-ethyl adjacent to an activating group) is 1. The van der Waals surface area contributed by atoms with Gasteiger partial charge in [0.2, 0.25) is 21.8 Å². The molecule has 186 valence electrons. The van der Waals surface area contributed by atoms with E-state index in [0.717, 1.165) is 9.87 Å². The number of rotatable bonds is 9. The highest BCUT2D eigenvalue weighted by Gasteiger charge is 2.33. The van der Waals surface area contributed by atoms with Gasteiger partial charge in [-0.2, -0.15) is 4.31 Å². The summed E-state index contributed by atoms with van der Waals surface area (Å²) in [4.78, 5) is 28.1. The van der Waals surface area contributed by atoms with Crippen LogP contribution in [-0.4, -0.2) is 54.6 Å². The fraction of sp³-hybridized carbons (Fsp3) is 0.440. The number of benzene rings is 2. The third-order valence-corrected chi connectivity index (χ3v) is 7.46. The number of amides is 2. The molecule has 0 aromatic heterocycles. The number of hydrogen-bond donors (Lipinski definition) is 1. The van der Waals surface area contributed by atoms with Crippen LogP contribution in [0.1, 0.15) is 45.2 Å². The van der Waals surface area contributed by atoms with Crippen LogP contribution in [0.25, 0.3) is 0 Å². The van der Waals surface area contributed by atoms with Crippen LogP contribution < -0.4 is 5.32 Å². The Kier molecular flexibility index (Phi) is 9.28. The van der Waals surface area contributed by atoms with Crippen LogP contribution in [0.5, 0.6) is 0 Å². The summed E-state index contributed by atoms with van der Waals surface area (Å²) in [6, 6.07) is 12.7. The maximum absolute atomic E-state index is 13.5. The zero-order valence-corrected chi connectivity index (χ0v) is 22.2. The highest BCUT2D eigenvalue weighted by Crippen LogP contribution is 2.21. The zero-order valence-electron chi connectivity index (χ0n) is 20.6. The second kappa shape index (κ2) is 11.3. The van der Waals surface area contributed by atoms with Gasteiger partial charge in [0.25, 0.3) is 0 Å². The molecule has 0 heterocycles. The summed E-state index contributed by atoms with van der Waals surface area (Å²) in [5.41, 5.74) is 1.11. The van der Waals surface area contributed by atoms with Crippen LogP contribution in [0.15, 0.2) is 53.4 Å². The predicted octanol–water partition coefficient (Wildman–Crippen LogP) is 3.99. The molecule has 0 aliphatic carbocycles. The lowest BCUT2D eigenvalue weighted by Crippen LogP contribution is -2.55. The monoisotopic (exact) mass is 507 g/mol. The molecule has 0 saturated heterocycles. The minimum absolute atomic E-state index is 0.0764. The summed E-state index contributed by atoms with van der Waals surface area (Å²) >= 11 is 6.33. The third kappa shape index (κ3) is 7.29. The topological polar surface area (TPSA) is 86.8 Å². The highest BCUT2D eigenvalue weighted by molar-refractivity contribution is 7.89. The lowest BCUT2D eigenvalue weighted by atomic mass is 10.1. The normalized spacial score (nSPS) is 12.9. The van der Waals surface area contributed by atoms with Crippen LogP contribution in [0.4, 0.5) is 0 Å². The molecule has 0 bridgehead atoms. The van der Waals surface area contributed by atoms with Gasteiger partial charge in [-0.05, 0) is 57.9 Å². The van der Waals surface area contributed by atoms with Crippen LogP contribution in [0, 0.1) is 6.92 Å². The molecule has 0 saturated carbocycles. The molecule has 2 aromatic carbocycles. The fourth-order valence-electron chi connectivity index (χ4n) is 3.44. The van der Waals surface area contributed by atoms with Gasteiger partial charge in [0.15, 0.2) is 0 Å². The first kappa shape index (κ1) is 27.8. The van der Waals surface area contributed by atoms with Crippen LogP contribution in [-0.2, 0) is 26.2 Å². The number of hydrogen-bond acceptors (Lipinski definition) is 4. The fourth-order valence-corrected chi connectivity index (χ4v) is 4.75. The number of nitrogens with zero attached hydrogens (tertiary/aromatic N) is 2. The first-order chi connectivity index (χ1) is 15.8. The Morgan fingerprint density at radius 1 is 1.06 bits per heavy atom. The predicted molar refractivity (Wildman–Crippen MR) is 135 cm³/mol. The molecule has 2 aromatic rings. The Morgan fingerprint density at radius 3 is 2.18 bits per heavy atom. The van der Waals surface area contributed by atoms with E-state index in [1.807, 2.05) is 34.6 Å². The van der Waals surface area contributed by atoms with Crippen molar-refractivity contribution in [1.82, 2.24) is 14.5 Å². The Balaban J connectivity index is 2.36. The molecule has 1 N–H and O–H groups in total. The minimum atomic E-state index is -3.89. The molecule has 1 unspecified atom stereocenters. The molecule has 1 atom stereocenters. The average molecular weight is 508 g/mol. The molecule has 0 aliphatic rings. The summed E-state index contributed by atoms with van der Waals surface area (Å²) in [7, 11) is -2.53. The van der Waals surface area contributed by atoms with E-state index in [1.54, 1.807) is 36.4 Å². The van der Waals surface area contributed by atoms with Crippen molar-refractivity contribution in [2.75, 3.05) is 13.6 Å². The zero-order chi connectivity index (χ0) is 25.7. The van der Waals surface area contributed by atoms with Crippen LogP contribution in [0.3, 0.4) is 0 Å². The van der Waals surface area contributed by atoms with E-state index >= 15 is 0 Å². The Labute approximate surface area is 208 Å². The second-order valence-corrected chi connectivity index (χ2v) is 11.8. The van der Waals surface area contributed by atoms with Gasteiger partial charge in [-0.3, -0.25) is 9.59 Å². The maximum Gasteiger partial charge on any atom is 0.243 e. The van der Waals surface area contributed by atoms with E-state index in [9.17, 15) is 18.0 Å². The minimum Gasteiger partial charge on any atom is -0.350 e. The Hall–Kier alpha value is -2.42. The third-order valence-electron chi connectivity index (χ3n) is 5.27. The molecular weight excluding hydrogens is 474 g/mol. The first-order valence-electron chi connectivity index (χ1n) is 11.1. The van der Waals surface area contributed by atoms with Gasteiger partial charge < -0.3 is 10.2 Å². The number of carbonyl (C=O) groups is 2. The summed E-state index contributed by atoms with van der Waals surface area (Å²) in [6.45, 7) is 8.92. The first-order valence-corrected chi connectivity index (χ1v) is 13.0. The molecule has 9 heteroatoms. The lowest BCUT2D eigenvalue weighted by Gasteiger charge is -2.34. The Morgan fingerprint density at radius 2 is 1.65 bits per heavy atom. The standard InChI is InChI=1S/C25H34ClN3O4S/c1-7-22(24(31)27-25(3,4)5)29(16-19-10-8-9-11-21(19)26)23(30)17-28(6)34(32,33)20-14-12-18(2)13-15-20/h8-15,22H,7,16-17H2,1-6H3,(H,27,31). The Bertz CT molecular complexity index is 1110. The van der Waals surface area contributed by atoms with Gasteiger partial charge in [0.05, 0.1) is 11.4 Å². The molecule has 0 aliphatic heterocycles. The van der Waals surface area contributed by atoms with Gasteiger partial charge in [-0.25, -0.2) is 8.42 Å². The SMILES string of the molecule is CCC(C(=O)NC(C)(C)C)N(Cc1ccccc1Cl)C(=O)CN(C)S(=O)(=O)c1ccc(C)cc1. The van der Waals surface area contributed by atoms with Crippen molar-refractivity contribution in [3.8, 4) is 0 Å². The van der Waals surface area contributed by atoms with Gasteiger partial charge in [-0.1, -0.05) is 54.4 Å². The van der Waals surface area contributed by atoms with Crippen LogP contribution in [0.2, 0.25) is 5.02 Å². The van der Waals surface area contributed by atoms with E-state index < -0.39 is 34.1 Å². The summed E-state index contributed by atoms with van der Waals surface area (Å²) in [6.07, 6.45) is 0.354. The number of carbonyl (C=O) groups excluding carboxylic acids is 2. The molecule has 0 spiro atoms. The molecular formula is C25H34ClN3O4S. The van der Waals surface area contributed by atoms with Gasteiger partial charge >= 0.3 is 0 Å². The second-order valence-electron chi connectivity index (χ2n) is 9.35. The van der Waals surface area contributed by atoms with Gasteiger partial charge in [0, 0.05) is 24.2 Å². The van der Waals surface area contributed by atoms with Crippen molar-refractivity contribution >= 4 is 33.4 Å². The lowest BCUT2D eigenvalue weighted by molar-refractivity contribution is -0.142. The van der Waals surface area contributed by atoms with E-state index in [4.69, 9.17) is 11.6 Å². The summed E-state index contributed by atoms with van der Waals surface area (Å²) in [5.74, 6) is -0.798. The molecule has 0 fully saturated rings. The average Bonchev–Trinajstić information content (AvgIpc) is 2.73. The molecule has 7 nitrogen and oxygen atoms in total. The van der Waals surface area contributed by atoms with Crippen molar-refractivity contribution < 1.29 is 18.0 Å². The molecule has 0 radical (unpaired) electrons. The quantitative estimate of drug-likeness (QED) is 0.556. The molecule has 2 amide bonds. The van der Waals surface area contributed by atoms with Crippen molar-refractivity contribution in [2.24, 2.45) is 0 Å². The van der Waals surface area contributed by atoms with E-state index in [0.29, 0.717) is 17.0 Å². The van der Waals surface area contributed by atoms with Crippen molar-refractivity contribution in [2.45, 2.75) is 64.1 Å². The molecule has 34 heavy (non-hydrogen) atoms. The summed E-state index contributed by atoms with van der Waals surface area (Å²) < 4.78 is 27.1. The number of aryl methyl sites for hydroxylation is 1. The van der Waals surface area contributed by atoms with E-state index in [-0.39, 0.29) is 17.3 Å². The maximum atomic E-state index is 13.5. The number of sulfonamides is 1. The van der Waals surface area contributed by atoms with Gasteiger partial charge in [-0.15, -0.1) is 0 Å². The largest absolute Gasteiger partial charge is 0.350 e. The van der Waals surface area contributed by atoms with Crippen molar-refractivity contribution in [3.05, 3.63) is 64.7 Å². The smallest absolute Gasteiger partial charge is 0.243 e. The van der Waals surface area contributed by atoms with Crippen LogP contribution >= 0.6 is 11.6 Å². The number of nitrogens with one attached hydrogen (secondary N) is 1. The van der Waals surface area contributed by atoms with E-state index in [1.165, 1.54) is 24.1 Å². The summed E-state index contributed by atoms with van der Waals surface area (Å²) in [5, 5.41) is 3.39.